The molecule has 0 atom stereocenters. The smallest absolute Gasteiger partial charge is 0.297 e. The second-order valence-electron chi connectivity index (χ2n) is 6.93. The van der Waals surface area contributed by atoms with Gasteiger partial charge in [0.1, 0.15) is 21.2 Å². The molecule has 0 bridgehead atoms. The molecule has 0 fully saturated rings. The van der Waals surface area contributed by atoms with Gasteiger partial charge in [-0.05, 0) is 55.3 Å². The van der Waals surface area contributed by atoms with Crippen molar-refractivity contribution in [2.75, 3.05) is 5.73 Å². The van der Waals surface area contributed by atoms with Crippen LogP contribution >= 0.6 is 12.0 Å². The third-order valence-corrected chi connectivity index (χ3v) is 7.21. The number of nitrogens with zero attached hydrogens (tertiary/aromatic N) is 2. The molecule has 0 saturated heterocycles. The van der Waals surface area contributed by atoms with E-state index in [0.717, 1.165) is 12.1 Å². The van der Waals surface area contributed by atoms with Crippen LogP contribution in [0.15, 0.2) is 55.2 Å². The Morgan fingerprint density at radius 1 is 0.941 bits per heavy atom. The minimum Gasteiger partial charge on any atom is -0.505 e. The molecular weight excluding hydrogens is 514 g/mol. The van der Waals surface area contributed by atoms with Crippen molar-refractivity contribution in [3.05, 3.63) is 41.5 Å². The minimum atomic E-state index is -4.83. The van der Waals surface area contributed by atoms with E-state index in [1.54, 1.807) is 13.8 Å². The fraction of sp³-hybridized carbons (Fsp3) is 0.111. The Hall–Kier alpha value is -2.83. The number of anilines is 1. The van der Waals surface area contributed by atoms with Gasteiger partial charge in [-0.3, -0.25) is 9.11 Å². The third-order valence-electron chi connectivity index (χ3n) is 4.74. The number of aryl methyl sites for hydroxylation is 2. The maximum Gasteiger partial charge on any atom is 0.297 e. The summed E-state index contributed by atoms with van der Waals surface area (Å²) in [5.74, 6) is -0.646. The van der Waals surface area contributed by atoms with Crippen molar-refractivity contribution in [1.29, 1.82) is 0 Å². The highest BCUT2D eigenvalue weighted by atomic mass is 32.2. The highest BCUT2D eigenvalue weighted by Crippen LogP contribution is 2.46. The molecule has 6 N–H and O–H groups in total. The lowest BCUT2D eigenvalue weighted by Gasteiger charge is -2.13. The van der Waals surface area contributed by atoms with Gasteiger partial charge in [-0.15, -0.1) is 14.6 Å². The summed E-state index contributed by atoms with van der Waals surface area (Å²) in [5, 5.41) is 30.2. The summed E-state index contributed by atoms with van der Waals surface area (Å²) in [6, 6.07) is 6.03. The molecular formula is C18H17N3O10S3. The number of fused-ring (bicyclic) bond motifs is 1. The van der Waals surface area contributed by atoms with E-state index < -0.39 is 35.8 Å². The number of nitrogens with two attached hydrogens (primary N) is 1. The van der Waals surface area contributed by atoms with Crippen LogP contribution in [0.5, 0.6) is 5.75 Å². The van der Waals surface area contributed by atoms with Crippen LogP contribution in [0.3, 0.4) is 0 Å². The second kappa shape index (κ2) is 9.43. The van der Waals surface area contributed by atoms with Crippen LogP contribution < -0.4 is 5.73 Å². The van der Waals surface area contributed by atoms with Crippen LogP contribution in [-0.2, 0) is 29.6 Å². The normalized spacial score (nSPS) is 12.6. The van der Waals surface area contributed by atoms with Crippen LogP contribution in [0.4, 0.5) is 17.1 Å². The van der Waals surface area contributed by atoms with E-state index in [-0.39, 0.29) is 44.8 Å². The topological polar surface area (TPSA) is 218 Å². The lowest BCUT2D eigenvalue weighted by atomic mass is 10.1. The molecule has 0 unspecified atom stereocenters. The molecule has 3 aromatic carbocycles. The minimum absolute atomic E-state index is 0.111. The predicted molar refractivity (Wildman–Crippen MR) is 120 cm³/mol. The first-order valence-electron chi connectivity index (χ1n) is 8.96. The van der Waals surface area contributed by atoms with Crippen molar-refractivity contribution in [3.63, 3.8) is 0 Å². The van der Waals surface area contributed by atoms with E-state index in [9.17, 15) is 31.0 Å². The summed E-state index contributed by atoms with van der Waals surface area (Å²) in [6.07, 6.45) is 0. The molecule has 0 saturated carbocycles. The van der Waals surface area contributed by atoms with E-state index in [1.165, 1.54) is 18.2 Å². The fourth-order valence-corrected chi connectivity index (χ4v) is 5.06. The van der Waals surface area contributed by atoms with Crippen molar-refractivity contribution in [2.45, 2.75) is 28.5 Å². The number of benzene rings is 3. The summed E-state index contributed by atoms with van der Waals surface area (Å²) >= 11 is 0.281. The van der Waals surface area contributed by atoms with Gasteiger partial charge in [0, 0.05) is 10.8 Å². The van der Waals surface area contributed by atoms with Crippen LogP contribution in [0.1, 0.15) is 11.1 Å². The summed E-state index contributed by atoms with van der Waals surface area (Å²) in [7, 11) is -9.51. The predicted octanol–water partition coefficient (Wildman–Crippen LogP) is 4.08. The van der Waals surface area contributed by atoms with Gasteiger partial charge in [-0.1, -0.05) is 5.04 Å². The summed E-state index contributed by atoms with van der Waals surface area (Å²) in [6.45, 7) is 3.30. The second-order valence-corrected chi connectivity index (χ2v) is 10.4. The average Bonchev–Trinajstić information content (AvgIpc) is 2.71. The van der Waals surface area contributed by atoms with Gasteiger partial charge in [-0.25, -0.2) is 5.26 Å². The Kier molecular flexibility index (Phi) is 7.15. The van der Waals surface area contributed by atoms with Gasteiger partial charge in [-0.2, -0.15) is 16.8 Å². The molecule has 0 aromatic heterocycles. The van der Waals surface area contributed by atoms with Crippen LogP contribution in [0, 0.1) is 13.8 Å². The molecule has 13 nitrogen and oxygen atoms in total. The highest BCUT2D eigenvalue weighted by molar-refractivity contribution is 7.94. The van der Waals surface area contributed by atoms with Crippen molar-refractivity contribution < 1.29 is 45.7 Å². The zero-order valence-electron chi connectivity index (χ0n) is 17.3. The molecule has 182 valence electrons. The molecule has 0 aliphatic heterocycles. The lowest BCUT2D eigenvalue weighted by Crippen LogP contribution is -2.04. The lowest BCUT2D eigenvalue weighted by molar-refractivity contribution is -0.432. The zero-order chi connectivity index (χ0) is 25.4. The third kappa shape index (κ3) is 5.13. The van der Waals surface area contributed by atoms with Crippen molar-refractivity contribution in [3.8, 4) is 5.75 Å². The number of hydrogen-bond acceptors (Lipinski definition) is 12. The molecule has 16 heteroatoms. The van der Waals surface area contributed by atoms with Gasteiger partial charge >= 0.3 is 0 Å². The van der Waals surface area contributed by atoms with Gasteiger partial charge in [0.15, 0.2) is 5.75 Å². The first-order chi connectivity index (χ1) is 15.8. The molecule has 0 aliphatic carbocycles. The Morgan fingerprint density at radius 3 is 2.18 bits per heavy atom. The van der Waals surface area contributed by atoms with Gasteiger partial charge in [0.05, 0.1) is 22.6 Å². The highest BCUT2D eigenvalue weighted by Gasteiger charge is 2.24. The number of phenolic OH excluding ortho intramolecular Hbond substituents is 1. The number of phenols is 1. The fourth-order valence-electron chi connectivity index (χ4n) is 3.07. The molecule has 0 spiro atoms. The molecule has 0 heterocycles. The van der Waals surface area contributed by atoms with Crippen molar-refractivity contribution >= 4 is 60.1 Å². The summed E-state index contributed by atoms with van der Waals surface area (Å²) in [5.41, 5.74) is 5.95. The number of rotatable bonds is 7. The quantitative estimate of drug-likeness (QED) is 0.0727. The van der Waals surface area contributed by atoms with Crippen LogP contribution in [-0.4, -0.2) is 36.3 Å². The Bertz CT molecular complexity index is 1540. The van der Waals surface area contributed by atoms with E-state index in [2.05, 4.69) is 19.6 Å². The van der Waals surface area contributed by atoms with E-state index >= 15 is 0 Å². The van der Waals surface area contributed by atoms with Crippen LogP contribution in [0.2, 0.25) is 0 Å². The van der Waals surface area contributed by atoms with E-state index in [4.69, 9.17) is 11.0 Å². The number of hydrogen-bond donors (Lipinski definition) is 5. The number of nitrogen functional groups attached to an aromatic ring is 1. The maximum absolute atomic E-state index is 11.9. The number of azo groups is 1. The summed E-state index contributed by atoms with van der Waals surface area (Å²) < 4.78 is 70.8. The Morgan fingerprint density at radius 2 is 1.59 bits per heavy atom. The van der Waals surface area contributed by atoms with Crippen molar-refractivity contribution in [1.82, 2.24) is 0 Å². The SMILES string of the molecule is Cc1cc(N=Nc2c(SOOO)cc3c(S(=O)(=O)O)c(N)ccc3c2O)c(S(=O)(=O)O)cc1C. The molecule has 0 aliphatic rings. The van der Waals surface area contributed by atoms with Gasteiger partial charge in [0.25, 0.3) is 20.2 Å². The zero-order valence-corrected chi connectivity index (χ0v) is 19.8. The largest absolute Gasteiger partial charge is 0.505 e. The van der Waals surface area contributed by atoms with E-state index in [0.29, 0.717) is 11.1 Å². The molecule has 34 heavy (non-hydrogen) atoms. The monoisotopic (exact) mass is 531 g/mol. The molecule has 0 radical (unpaired) electrons. The molecule has 3 aromatic rings. The Labute approximate surface area is 197 Å². The average molecular weight is 532 g/mol. The van der Waals surface area contributed by atoms with E-state index in [1.807, 2.05) is 0 Å². The Balaban J connectivity index is 2.32. The maximum atomic E-state index is 11.9. The standard InChI is InChI=1S/C18H17N3O10S3/c1-8-5-13(15(6-9(8)2)33(24,25)26)20-21-16-14(32-31-30-23)7-11-10(17(16)22)3-4-12(19)18(11)34(27,28)29/h3-7,22-23H,19H2,1-2H3,(H,24,25,26)(H,27,28,29). The summed E-state index contributed by atoms with van der Waals surface area (Å²) in [4.78, 5) is -1.40. The molecule has 0 amide bonds. The van der Waals surface area contributed by atoms with Gasteiger partial charge < -0.3 is 10.8 Å². The first-order valence-corrected chi connectivity index (χ1v) is 12.6. The van der Waals surface area contributed by atoms with Gasteiger partial charge in [0.2, 0.25) is 0 Å². The van der Waals surface area contributed by atoms with Crippen molar-refractivity contribution in [2.24, 2.45) is 10.2 Å². The molecule has 3 rings (SSSR count). The first kappa shape index (κ1) is 25.8. The number of aromatic hydroxyl groups is 1. The van der Waals surface area contributed by atoms with Crippen LogP contribution in [0.25, 0.3) is 10.8 Å².